The fraction of sp³-hybridized carbons (Fsp3) is 0.542. The molecule has 3 heterocycles. The number of allylic oxidation sites excluding steroid dienone is 1. The van der Waals surface area contributed by atoms with Crippen molar-refractivity contribution in [1.82, 2.24) is 14.3 Å². The van der Waals surface area contributed by atoms with Crippen LogP contribution in [0.2, 0.25) is 0 Å². The van der Waals surface area contributed by atoms with Crippen molar-refractivity contribution < 1.29 is 9.59 Å². The zero-order chi connectivity index (χ0) is 21.6. The Balaban J connectivity index is 0.00000289. The van der Waals surface area contributed by atoms with E-state index in [2.05, 4.69) is 28.4 Å². The highest BCUT2D eigenvalue weighted by Gasteiger charge is 2.35. The molecule has 0 aromatic carbocycles. The van der Waals surface area contributed by atoms with Crippen LogP contribution in [0.4, 0.5) is 4.79 Å². The molecule has 0 N–H and O–H groups in total. The molecular formula is C24H32ClN3O2S2. The lowest BCUT2D eigenvalue weighted by molar-refractivity contribution is -0.123. The van der Waals surface area contributed by atoms with Gasteiger partial charge in [0.2, 0.25) is 0 Å². The minimum atomic E-state index is -0.0984. The van der Waals surface area contributed by atoms with E-state index in [1.54, 1.807) is 0 Å². The Kier molecular flexibility index (Phi) is 9.56. The van der Waals surface area contributed by atoms with Crippen LogP contribution in [0.5, 0.6) is 0 Å². The van der Waals surface area contributed by atoms with E-state index in [1.807, 2.05) is 36.3 Å². The number of nitrogens with zero attached hydrogens (tertiary/aromatic N) is 3. The zero-order valence-corrected chi connectivity index (χ0v) is 21.0. The van der Waals surface area contributed by atoms with Crippen molar-refractivity contribution in [3.63, 3.8) is 0 Å². The van der Waals surface area contributed by atoms with Crippen molar-refractivity contribution in [3.8, 4) is 0 Å². The molecule has 1 saturated carbocycles. The third kappa shape index (κ3) is 5.91. The number of imide groups is 1. The van der Waals surface area contributed by atoms with E-state index in [4.69, 9.17) is 0 Å². The molecule has 1 unspecified atom stereocenters. The second-order valence-electron chi connectivity index (χ2n) is 8.43. The first-order valence-corrected chi connectivity index (χ1v) is 13.3. The van der Waals surface area contributed by atoms with Gasteiger partial charge in [0.05, 0.1) is 9.93 Å². The number of carbonyl (C=O) groups excluding carboxylic acids is 2. The molecule has 1 atom stereocenters. The maximum atomic E-state index is 12.7. The lowest BCUT2D eigenvalue weighted by atomic mass is 9.86. The van der Waals surface area contributed by atoms with Crippen LogP contribution in [0.15, 0.2) is 46.6 Å². The summed E-state index contributed by atoms with van der Waals surface area (Å²) in [7, 11) is 0. The van der Waals surface area contributed by atoms with Crippen LogP contribution in [0.25, 0.3) is 5.65 Å². The van der Waals surface area contributed by atoms with Crippen LogP contribution in [0, 0.1) is 11.8 Å². The van der Waals surface area contributed by atoms with Gasteiger partial charge in [-0.3, -0.25) is 18.9 Å². The fourth-order valence-corrected chi connectivity index (χ4v) is 6.67. The molecule has 0 spiro atoms. The predicted octanol–water partition coefficient (Wildman–Crippen LogP) is 6.81. The van der Waals surface area contributed by atoms with Crippen molar-refractivity contribution in [3.05, 3.63) is 41.6 Å². The number of rotatable bonds is 10. The molecule has 2 aromatic heterocycles. The third-order valence-electron chi connectivity index (χ3n) is 6.41. The van der Waals surface area contributed by atoms with Gasteiger partial charge < -0.3 is 0 Å². The second kappa shape index (κ2) is 12.1. The van der Waals surface area contributed by atoms with Gasteiger partial charge >= 0.3 is 0 Å². The predicted molar refractivity (Wildman–Crippen MR) is 136 cm³/mol. The summed E-state index contributed by atoms with van der Waals surface area (Å²) in [6, 6.07) is 6.23. The number of hydrogen-bond donors (Lipinski definition) is 0. The van der Waals surface area contributed by atoms with Gasteiger partial charge in [-0.25, -0.2) is 4.98 Å². The molecule has 174 valence electrons. The van der Waals surface area contributed by atoms with Crippen LogP contribution in [0.3, 0.4) is 0 Å². The Morgan fingerprint density at radius 1 is 1.25 bits per heavy atom. The first kappa shape index (κ1) is 25.2. The highest BCUT2D eigenvalue weighted by Crippen LogP contribution is 2.38. The number of halogens is 1. The van der Waals surface area contributed by atoms with Crippen molar-refractivity contribution >= 4 is 52.7 Å². The summed E-state index contributed by atoms with van der Waals surface area (Å²) in [4.78, 5) is 31.5. The molecule has 0 bridgehead atoms. The van der Waals surface area contributed by atoms with Crippen molar-refractivity contribution in [2.45, 2.75) is 63.3 Å². The standard InChI is InChI=1S/C24H31N3O2S2.ClH/c1-2-3-9-20-23(28)27(24(29)31-20)15-12-19(18-7-4-5-8-18)13-17-30-22-11-6-10-21-25-14-16-26(21)22;/h6,9-11,14,16,18-19H,2-5,7-8,12-13,15,17H2,1H3;1H/b20-9-;. The number of fused-ring (bicyclic) bond motifs is 1. The minimum absolute atomic E-state index is 0. The van der Waals surface area contributed by atoms with E-state index in [1.165, 1.54) is 35.6 Å². The van der Waals surface area contributed by atoms with Gasteiger partial charge in [0.25, 0.3) is 11.1 Å². The molecule has 5 nitrogen and oxygen atoms in total. The molecular weight excluding hydrogens is 462 g/mol. The molecule has 1 saturated heterocycles. The van der Waals surface area contributed by atoms with Gasteiger partial charge in [0, 0.05) is 18.9 Å². The second-order valence-corrected chi connectivity index (χ2v) is 10.5. The molecule has 8 heteroatoms. The molecule has 2 aromatic rings. The van der Waals surface area contributed by atoms with E-state index >= 15 is 0 Å². The lowest BCUT2D eigenvalue weighted by Crippen LogP contribution is -2.31. The van der Waals surface area contributed by atoms with E-state index in [0.29, 0.717) is 17.4 Å². The van der Waals surface area contributed by atoms with Crippen LogP contribution in [-0.2, 0) is 4.79 Å². The molecule has 2 aliphatic rings. The van der Waals surface area contributed by atoms with Gasteiger partial charge in [-0.15, -0.1) is 24.2 Å². The van der Waals surface area contributed by atoms with Crippen molar-refractivity contribution in [2.24, 2.45) is 11.8 Å². The van der Waals surface area contributed by atoms with Crippen LogP contribution < -0.4 is 0 Å². The zero-order valence-electron chi connectivity index (χ0n) is 18.6. The molecule has 1 aliphatic carbocycles. The Labute approximate surface area is 205 Å². The van der Waals surface area contributed by atoms with Crippen LogP contribution in [-0.4, -0.2) is 37.7 Å². The maximum absolute atomic E-state index is 12.7. The van der Waals surface area contributed by atoms with Gasteiger partial charge in [-0.05, 0) is 60.7 Å². The van der Waals surface area contributed by atoms with E-state index in [0.717, 1.165) is 54.8 Å². The summed E-state index contributed by atoms with van der Waals surface area (Å²) >= 11 is 2.98. The summed E-state index contributed by atoms with van der Waals surface area (Å²) in [5.41, 5.74) is 0.979. The topological polar surface area (TPSA) is 54.7 Å². The highest BCUT2D eigenvalue weighted by molar-refractivity contribution is 8.18. The molecule has 2 amide bonds. The summed E-state index contributed by atoms with van der Waals surface area (Å²) in [6.07, 6.45) is 14.8. The Morgan fingerprint density at radius 3 is 2.84 bits per heavy atom. The average Bonchev–Trinajstić information content (AvgIpc) is 3.51. The first-order chi connectivity index (χ1) is 15.2. The number of amides is 2. The van der Waals surface area contributed by atoms with E-state index in [-0.39, 0.29) is 23.6 Å². The van der Waals surface area contributed by atoms with Crippen LogP contribution in [0.1, 0.15) is 58.3 Å². The monoisotopic (exact) mass is 493 g/mol. The van der Waals surface area contributed by atoms with E-state index < -0.39 is 0 Å². The van der Waals surface area contributed by atoms with E-state index in [9.17, 15) is 9.59 Å². The SMILES string of the molecule is CCC/C=C1\SC(=O)N(CCC(CCSc2cccc3nccn23)C2CCCC2)C1=O.Cl. The Bertz CT molecular complexity index is 956. The summed E-state index contributed by atoms with van der Waals surface area (Å²) in [5, 5.41) is 1.12. The van der Waals surface area contributed by atoms with Gasteiger partial charge in [0.15, 0.2) is 0 Å². The highest BCUT2D eigenvalue weighted by atomic mass is 35.5. The third-order valence-corrected chi connectivity index (χ3v) is 8.44. The molecule has 1 aliphatic heterocycles. The average molecular weight is 494 g/mol. The smallest absolute Gasteiger partial charge is 0.293 e. The molecule has 2 fully saturated rings. The van der Waals surface area contributed by atoms with Gasteiger partial charge in [0.1, 0.15) is 5.65 Å². The summed E-state index contributed by atoms with van der Waals surface area (Å²) in [6.45, 7) is 2.63. The van der Waals surface area contributed by atoms with Gasteiger partial charge in [-0.1, -0.05) is 51.2 Å². The minimum Gasteiger partial charge on any atom is -0.294 e. The summed E-state index contributed by atoms with van der Waals surface area (Å²) < 4.78 is 2.14. The number of pyridine rings is 1. The number of thioether (sulfide) groups is 2. The fourth-order valence-electron chi connectivity index (χ4n) is 4.70. The quantitative estimate of drug-likeness (QED) is 0.268. The number of imidazole rings is 1. The molecule has 0 radical (unpaired) electrons. The van der Waals surface area contributed by atoms with Gasteiger partial charge in [-0.2, -0.15) is 0 Å². The molecule has 32 heavy (non-hydrogen) atoms. The summed E-state index contributed by atoms with van der Waals surface area (Å²) in [5.74, 6) is 2.23. The normalized spacial score (nSPS) is 19.3. The maximum Gasteiger partial charge on any atom is 0.293 e. The van der Waals surface area contributed by atoms with Crippen molar-refractivity contribution in [2.75, 3.05) is 12.3 Å². The van der Waals surface area contributed by atoms with Crippen LogP contribution >= 0.6 is 35.9 Å². The largest absolute Gasteiger partial charge is 0.294 e. The number of carbonyl (C=O) groups is 2. The Hall–Kier alpha value is -1.44. The molecule has 4 rings (SSSR count). The number of aromatic nitrogens is 2. The Morgan fingerprint density at radius 2 is 2.06 bits per heavy atom. The number of hydrogen-bond acceptors (Lipinski definition) is 5. The lowest BCUT2D eigenvalue weighted by Gasteiger charge is -2.25. The first-order valence-electron chi connectivity index (χ1n) is 11.5. The van der Waals surface area contributed by atoms with Crippen molar-refractivity contribution in [1.29, 1.82) is 0 Å². The number of unbranched alkanes of at least 4 members (excludes halogenated alkanes) is 1.